The second-order valence-corrected chi connectivity index (χ2v) is 7.98. The summed E-state index contributed by atoms with van der Waals surface area (Å²) >= 11 is 1.88. The third-order valence-electron chi connectivity index (χ3n) is 4.83. The number of likely N-dealkylation sites (N-methyl/N-ethyl adjacent to an activating group) is 1. The van der Waals surface area contributed by atoms with Gasteiger partial charge in [-0.2, -0.15) is 0 Å². The van der Waals surface area contributed by atoms with Crippen LogP contribution >= 0.6 is 22.6 Å². The molecule has 0 radical (unpaired) electrons. The number of hydrogen-bond acceptors (Lipinski definition) is 3. The minimum atomic E-state index is -0.431. The molecule has 0 spiro atoms. The summed E-state index contributed by atoms with van der Waals surface area (Å²) in [4.78, 5) is 17.0. The number of nitrogens with zero attached hydrogens (tertiary/aromatic N) is 2. The molecule has 27 heavy (non-hydrogen) atoms. The summed E-state index contributed by atoms with van der Waals surface area (Å²) in [6.45, 7) is 5.37. The maximum Gasteiger partial charge on any atom is 0.251 e. The van der Waals surface area contributed by atoms with Crippen molar-refractivity contribution in [2.24, 2.45) is 0 Å². The minimum absolute atomic E-state index is 0.248. The molecular formula is C20H22F2IN3O. The molecule has 0 aromatic heterocycles. The van der Waals surface area contributed by atoms with E-state index in [4.69, 9.17) is 0 Å². The molecule has 1 N–H and O–H groups in total. The van der Waals surface area contributed by atoms with E-state index in [0.717, 1.165) is 37.4 Å². The van der Waals surface area contributed by atoms with E-state index in [1.807, 2.05) is 29.5 Å². The van der Waals surface area contributed by atoms with Crippen LogP contribution in [0.25, 0.3) is 0 Å². The molecule has 1 atom stereocenters. The number of carbonyl (C=O) groups is 1. The van der Waals surface area contributed by atoms with Crippen LogP contribution < -0.4 is 10.2 Å². The van der Waals surface area contributed by atoms with Gasteiger partial charge in [0, 0.05) is 46.6 Å². The number of halogens is 3. The standard InChI is InChI=1S/C20H22F2IN3O/c1-13(24-20(27)14-3-5-18(23)17(22)11-14)16-12-15(21)4-6-19(16)26-9-7-25(2)8-10-26/h3-6,11-13H,7-10H2,1-2H3,(H,24,27). The highest BCUT2D eigenvalue weighted by atomic mass is 127. The maximum atomic E-state index is 13.9. The van der Waals surface area contributed by atoms with E-state index in [9.17, 15) is 13.6 Å². The highest BCUT2D eigenvalue weighted by Crippen LogP contribution is 2.28. The zero-order valence-corrected chi connectivity index (χ0v) is 17.5. The fraction of sp³-hybridized carbons (Fsp3) is 0.350. The number of rotatable bonds is 4. The number of hydrogen-bond donors (Lipinski definition) is 1. The molecule has 1 aliphatic heterocycles. The van der Waals surface area contributed by atoms with Gasteiger partial charge in [-0.15, -0.1) is 0 Å². The number of amides is 1. The number of nitrogens with one attached hydrogen (secondary N) is 1. The van der Waals surface area contributed by atoms with Gasteiger partial charge < -0.3 is 15.1 Å². The fourth-order valence-electron chi connectivity index (χ4n) is 3.20. The van der Waals surface area contributed by atoms with Crippen molar-refractivity contribution in [3.63, 3.8) is 0 Å². The number of benzene rings is 2. The average molecular weight is 485 g/mol. The topological polar surface area (TPSA) is 35.6 Å². The summed E-state index contributed by atoms with van der Waals surface area (Å²) in [5.74, 6) is -1.16. The van der Waals surface area contributed by atoms with Gasteiger partial charge >= 0.3 is 0 Å². The van der Waals surface area contributed by atoms with Gasteiger partial charge in [0.25, 0.3) is 5.91 Å². The first kappa shape index (κ1) is 20.0. The van der Waals surface area contributed by atoms with Crippen LogP contribution in [0, 0.1) is 15.2 Å². The van der Waals surface area contributed by atoms with Crippen molar-refractivity contribution in [3.05, 3.63) is 62.7 Å². The van der Waals surface area contributed by atoms with Crippen LogP contribution in [0.4, 0.5) is 14.5 Å². The molecule has 1 aliphatic rings. The quantitative estimate of drug-likeness (QED) is 0.670. The molecule has 4 nitrogen and oxygen atoms in total. The van der Waals surface area contributed by atoms with Crippen LogP contribution in [0.1, 0.15) is 28.9 Å². The van der Waals surface area contributed by atoms with Gasteiger partial charge in [0.15, 0.2) is 0 Å². The Labute approximate surface area is 171 Å². The van der Waals surface area contributed by atoms with E-state index in [-0.39, 0.29) is 17.3 Å². The van der Waals surface area contributed by atoms with E-state index in [1.165, 1.54) is 18.2 Å². The van der Waals surface area contributed by atoms with E-state index < -0.39 is 11.9 Å². The van der Waals surface area contributed by atoms with Crippen LogP contribution in [0.2, 0.25) is 0 Å². The van der Waals surface area contributed by atoms with E-state index in [0.29, 0.717) is 3.57 Å². The molecule has 1 saturated heterocycles. The van der Waals surface area contributed by atoms with Crippen molar-refractivity contribution in [1.29, 1.82) is 0 Å². The highest BCUT2D eigenvalue weighted by Gasteiger charge is 2.21. The van der Waals surface area contributed by atoms with Gasteiger partial charge in [0.2, 0.25) is 0 Å². The Morgan fingerprint density at radius 2 is 1.81 bits per heavy atom. The van der Waals surface area contributed by atoms with Gasteiger partial charge in [-0.1, -0.05) is 0 Å². The van der Waals surface area contributed by atoms with Crippen LogP contribution in [-0.2, 0) is 0 Å². The third-order valence-corrected chi connectivity index (χ3v) is 5.70. The van der Waals surface area contributed by atoms with Gasteiger partial charge in [-0.25, -0.2) is 8.78 Å². The molecule has 1 heterocycles. The van der Waals surface area contributed by atoms with Crippen molar-refractivity contribution in [2.75, 3.05) is 38.1 Å². The molecule has 2 aromatic rings. The molecule has 1 fully saturated rings. The van der Waals surface area contributed by atoms with Crippen LogP contribution in [0.3, 0.4) is 0 Å². The van der Waals surface area contributed by atoms with Crippen molar-refractivity contribution in [2.45, 2.75) is 13.0 Å². The Balaban J connectivity index is 1.81. The first-order valence-electron chi connectivity index (χ1n) is 8.84. The molecule has 0 saturated carbocycles. The number of anilines is 1. The summed E-state index contributed by atoms with van der Waals surface area (Å²) in [6.07, 6.45) is 0. The highest BCUT2D eigenvalue weighted by molar-refractivity contribution is 14.1. The van der Waals surface area contributed by atoms with E-state index in [1.54, 1.807) is 18.2 Å². The lowest BCUT2D eigenvalue weighted by atomic mass is 10.0. The Morgan fingerprint density at radius 3 is 2.48 bits per heavy atom. The number of piperazine rings is 1. The zero-order valence-electron chi connectivity index (χ0n) is 15.3. The predicted octanol–water partition coefficient (Wildman–Crippen LogP) is 3.81. The third kappa shape index (κ3) is 4.76. The smallest absolute Gasteiger partial charge is 0.251 e. The number of carbonyl (C=O) groups excluding carboxylic acids is 1. The zero-order chi connectivity index (χ0) is 19.6. The summed E-state index contributed by atoms with van der Waals surface area (Å²) in [5.41, 5.74) is 1.89. The van der Waals surface area contributed by atoms with Crippen molar-refractivity contribution >= 4 is 34.2 Å². The van der Waals surface area contributed by atoms with E-state index in [2.05, 4.69) is 22.2 Å². The molecule has 1 amide bonds. The van der Waals surface area contributed by atoms with Crippen LogP contribution in [0.15, 0.2) is 36.4 Å². The monoisotopic (exact) mass is 485 g/mol. The first-order valence-corrected chi connectivity index (χ1v) is 9.92. The molecule has 3 rings (SSSR count). The lowest BCUT2D eigenvalue weighted by molar-refractivity contribution is 0.0939. The summed E-state index contributed by atoms with van der Waals surface area (Å²) in [7, 11) is 2.08. The Morgan fingerprint density at radius 1 is 1.11 bits per heavy atom. The van der Waals surface area contributed by atoms with Crippen LogP contribution in [0.5, 0.6) is 0 Å². The average Bonchev–Trinajstić information content (AvgIpc) is 2.64. The van der Waals surface area contributed by atoms with Crippen molar-refractivity contribution in [1.82, 2.24) is 10.2 Å². The molecular weight excluding hydrogens is 463 g/mol. The van der Waals surface area contributed by atoms with Gasteiger partial charge in [0.1, 0.15) is 11.6 Å². The van der Waals surface area contributed by atoms with Gasteiger partial charge in [-0.3, -0.25) is 4.79 Å². The molecule has 0 bridgehead atoms. The molecule has 144 valence electrons. The Kier molecular flexibility index (Phi) is 6.31. The summed E-state index contributed by atoms with van der Waals surface area (Å²) in [6, 6.07) is 8.63. The second kappa shape index (κ2) is 8.52. The summed E-state index contributed by atoms with van der Waals surface area (Å²) < 4.78 is 28.1. The normalized spacial score (nSPS) is 16.3. The van der Waals surface area contributed by atoms with Crippen molar-refractivity contribution in [3.8, 4) is 0 Å². The minimum Gasteiger partial charge on any atom is -0.369 e. The van der Waals surface area contributed by atoms with Gasteiger partial charge in [-0.05, 0) is 73.0 Å². The largest absolute Gasteiger partial charge is 0.369 e. The lowest BCUT2D eigenvalue weighted by Gasteiger charge is -2.36. The summed E-state index contributed by atoms with van der Waals surface area (Å²) in [5, 5.41) is 2.86. The molecule has 1 unspecified atom stereocenters. The Hall–Kier alpha value is -1.74. The van der Waals surface area contributed by atoms with Gasteiger partial charge in [0.05, 0.1) is 6.04 Å². The molecule has 2 aromatic carbocycles. The second-order valence-electron chi connectivity index (χ2n) is 6.82. The fourth-order valence-corrected chi connectivity index (χ4v) is 3.54. The predicted molar refractivity (Wildman–Crippen MR) is 111 cm³/mol. The lowest BCUT2D eigenvalue weighted by Crippen LogP contribution is -2.45. The Bertz CT molecular complexity index is 838. The van der Waals surface area contributed by atoms with Crippen LogP contribution in [-0.4, -0.2) is 44.0 Å². The van der Waals surface area contributed by atoms with Crippen molar-refractivity contribution < 1.29 is 13.6 Å². The van der Waals surface area contributed by atoms with E-state index >= 15 is 0 Å². The molecule has 0 aliphatic carbocycles. The maximum absolute atomic E-state index is 13.9. The molecule has 7 heteroatoms. The first-order chi connectivity index (χ1) is 12.8. The SMILES string of the molecule is CC(NC(=O)c1ccc(I)c(F)c1)c1cc(F)ccc1N1CCN(C)CC1.